The normalized spacial score (nSPS) is 31.5. The zero-order chi connectivity index (χ0) is 13.1. The van der Waals surface area contributed by atoms with E-state index in [1.165, 1.54) is 32.4 Å². The summed E-state index contributed by atoms with van der Waals surface area (Å²) in [7, 11) is 3.99. The number of nitrogens with zero attached hydrogens (tertiary/aromatic N) is 2. The van der Waals surface area contributed by atoms with Gasteiger partial charge in [0.15, 0.2) is 5.78 Å². The van der Waals surface area contributed by atoms with Crippen molar-refractivity contribution in [2.45, 2.75) is 45.1 Å². The molecule has 2 unspecified atom stereocenters. The number of hydrogen-bond donors (Lipinski definition) is 0. The van der Waals surface area contributed by atoms with Gasteiger partial charge in [-0.05, 0) is 44.7 Å². The molecule has 0 aromatic carbocycles. The van der Waals surface area contributed by atoms with Gasteiger partial charge in [-0.1, -0.05) is 6.92 Å². The highest BCUT2D eigenvalue weighted by molar-refractivity contribution is 5.96. The van der Waals surface area contributed by atoms with Gasteiger partial charge in [0, 0.05) is 38.3 Å². The summed E-state index contributed by atoms with van der Waals surface area (Å²) in [6.45, 7) is 4.65. The molecule has 1 heterocycles. The molecule has 102 valence electrons. The lowest BCUT2D eigenvalue weighted by Crippen LogP contribution is -2.49. The highest BCUT2D eigenvalue weighted by Crippen LogP contribution is 2.36. The summed E-state index contributed by atoms with van der Waals surface area (Å²) in [4.78, 5) is 16.8. The van der Waals surface area contributed by atoms with Crippen molar-refractivity contribution in [2.75, 3.05) is 27.2 Å². The zero-order valence-electron chi connectivity index (χ0n) is 12.0. The number of likely N-dealkylation sites (tertiary alicyclic amines) is 1. The topological polar surface area (TPSA) is 23.6 Å². The molecule has 3 heteroatoms. The van der Waals surface area contributed by atoms with Crippen molar-refractivity contribution in [2.24, 2.45) is 5.92 Å². The number of ketones is 1. The third-order valence-corrected chi connectivity index (χ3v) is 4.19. The predicted molar refractivity (Wildman–Crippen MR) is 74.4 cm³/mol. The molecule has 0 spiro atoms. The van der Waals surface area contributed by atoms with Crippen LogP contribution in [0.25, 0.3) is 0 Å². The zero-order valence-corrected chi connectivity index (χ0v) is 12.0. The standard InChI is InChI=1S/C15H26N2O/c1-4-7-17-8-5-6-12-10-15(18)13(9-14(12)17)11-16(2)3/h11-12,14H,4-10H2,1-3H3/b13-11-. The van der Waals surface area contributed by atoms with Gasteiger partial charge in [-0.2, -0.15) is 0 Å². The van der Waals surface area contributed by atoms with Gasteiger partial charge in [0.1, 0.15) is 0 Å². The first-order valence-electron chi connectivity index (χ1n) is 7.26. The Balaban J connectivity index is 2.12. The minimum absolute atomic E-state index is 0.378. The Morgan fingerprint density at radius 1 is 1.39 bits per heavy atom. The summed E-state index contributed by atoms with van der Waals surface area (Å²) in [5, 5.41) is 0. The molecular weight excluding hydrogens is 224 g/mol. The molecule has 0 radical (unpaired) electrons. The van der Waals surface area contributed by atoms with Crippen LogP contribution in [0.5, 0.6) is 0 Å². The third-order valence-electron chi connectivity index (χ3n) is 4.19. The van der Waals surface area contributed by atoms with Crippen LogP contribution in [-0.4, -0.2) is 48.8 Å². The highest BCUT2D eigenvalue weighted by atomic mass is 16.1. The van der Waals surface area contributed by atoms with E-state index in [9.17, 15) is 4.79 Å². The van der Waals surface area contributed by atoms with E-state index in [0.29, 0.717) is 17.7 Å². The molecule has 2 rings (SSSR count). The molecule has 0 bridgehead atoms. The molecule has 1 aliphatic carbocycles. The SMILES string of the molecule is CCCN1CCCC2CC(=O)/C(=C\N(C)C)CC21. The Labute approximate surface area is 111 Å². The fourth-order valence-corrected chi connectivity index (χ4v) is 3.46. The molecule has 2 aliphatic rings. The predicted octanol–water partition coefficient (Wildman–Crippen LogP) is 2.29. The van der Waals surface area contributed by atoms with Crippen molar-refractivity contribution < 1.29 is 4.79 Å². The number of rotatable bonds is 3. The van der Waals surface area contributed by atoms with Gasteiger partial charge in [0.05, 0.1) is 0 Å². The van der Waals surface area contributed by atoms with E-state index in [-0.39, 0.29) is 0 Å². The highest BCUT2D eigenvalue weighted by Gasteiger charge is 2.37. The van der Waals surface area contributed by atoms with Crippen LogP contribution in [0, 0.1) is 5.92 Å². The minimum Gasteiger partial charge on any atom is -0.383 e. The van der Waals surface area contributed by atoms with E-state index in [4.69, 9.17) is 0 Å². The van der Waals surface area contributed by atoms with Crippen molar-refractivity contribution >= 4 is 5.78 Å². The Morgan fingerprint density at radius 2 is 2.17 bits per heavy atom. The van der Waals surface area contributed by atoms with Crippen LogP contribution in [0.1, 0.15) is 39.0 Å². The van der Waals surface area contributed by atoms with Crippen LogP contribution in [0.3, 0.4) is 0 Å². The molecule has 0 aromatic rings. The Morgan fingerprint density at radius 3 is 2.83 bits per heavy atom. The number of carbonyl (C=O) groups excluding carboxylic acids is 1. The second kappa shape index (κ2) is 5.87. The fourth-order valence-electron chi connectivity index (χ4n) is 3.46. The number of carbonyl (C=O) groups is 1. The number of piperidine rings is 1. The number of Topliss-reactive ketones (excluding diaryl/α,β-unsaturated/α-hetero) is 1. The van der Waals surface area contributed by atoms with Gasteiger partial charge in [-0.25, -0.2) is 0 Å². The van der Waals surface area contributed by atoms with Crippen LogP contribution < -0.4 is 0 Å². The summed E-state index contributed by atoms with van der Waals surface area (Å²) in [5.41, 5.74) is 1.03. The van der Waals surface area contributed by atoms with Gasteiger partial charge >= 0.3 is 0 Å². The summed E-state index contributed by atoms with van der Waals surface area (Å²) in [5.74, 6) is 0.986. The maximum atomic E-state index is 12.1. The molecule has 2 atom stereocenters. The first-order valence-corrected chi connectivity index (χ1v) is 7.26. The van der Waals surface area contributed by atoms with Crippen molar-refractivity contribution in [3.63, 3.8) is 0 Å². The van der Waals surface area contributed by atoms with E-state index in [2.05, 4.69) is 11.8 Å². The van der Waals surface area contributed by atoms with Crippen molar-refractivity contribution in [3.05, 3.63) is 11.8 Å². The summed E-state index contributed by atoms with van der Waals surface area (Å²) < 4.78 is 0. The van der Waals surface area contributed by atoms with Crippen molar-refractivity contribution in [3.8, 4) is 0 Å². The number of fused-ring (bicyclic) bond motifs is 1. The van der Waals surface area contributed by atoms with Gasteiger partial charge in [-0.3, -0.25) is 9.69 Å². The molecule has 2 fully saturated rings. The lowest BCUT2D eigenvalue weighted by molar-refractivity contribution is -0.119. The molecule has 3 nitrogen and oxygen atoms in total. The van der Waals surface area contributed by atoms with Crippen molar-refractivity contribution in [1.82, 2.24) is 9.80 Å². The molecule has 0 aromatic heterocycles. The quantitative estimate of drug-likeness (QED) is 0.718. The third kappa shape index (κ3) is 2.94. The van der Waals surface area contributed by atoms with Crippen LogP contribution >= 0.6 is 0 Å². The first-order chi connectivity index (χ1) is 8.61. The van der Waals surface area contributed by atoms with Crippen LogP contribution in [0.2, 0.25) is 0 Å². The molecule has 1 aliphatic heterocycles. The molecule has 0 amide bonds. The maximum absolute atomic E-state index is 12.1. The van der Waals surface area contributed by atoms with Gasteiger partial charge in [0.25, 0.3) is 0 Å². The van der Waals surface area contributed by atoms with E-state index >= 15 is 0 Å². The van der Waals surface area contributed by atoms with E-state index < -0.39 is 0 Å². The Hall–Kier alpha value is -0.830. The van der Waals surface area contributed by atoms with E-state index in [1.54, 1.807) is 0 Å². The summed E-state index contributed by atoms with van der Waals surface area (Å²) >= 11 is 0. The van der Waals surface area contributed by atoms with Gasteiger partial charge in [0.2, 0.25) is 0 Å². The van der Waals surface area contributed by atoms with Crippen LogP contribution in [0.15, 0.2) is 11.8 Å². The monoisotopic (exact) mass is 250 g/mol. The molecule has 1 saturated carbocycles. The molecule has 1 saturated heterocycles. The summed E-state index contributed by atoms with van der Waals surface area (Å²) in [6, 6.07) is 0.614. The van der Waals surface area contributed by atoms with E-state index in [0.717, 1.165) is 18.4 Å². The van der Waals surface area contributed by atoms with Gasteiger partial charge in [-0.15, -0.1) is 0 Å². The fraction of sp³-hybridized carbons (Fsp3) is 0.800. The van der Waals surface area contributed by atoms with Crippen molar-refractivity contribution in [1.29, 1.82) is 0 Å². The Bertz CT molecular complexity index is 333. The largest absolute Gasteiger partial charge is 0.383 e. The number of hydrogen-bond acceptors (Lipinski definition) is 3. The minimum atomic E-state index is 0.378. The molecule has 0 N–H and O–H groups in total. The lowest BCUT2D eigenvalue weighted by Gasteiger charge is -2.44. The van der Waals surface area contributed by atoms with Crippen LogP contribution in [0.4, 0.5) is 0 Å². The van der Waals surface area contributed by atoms with E-state index in [1.807, 2.05) is 25.2 Å². The second-order valence-electron chi connectivity index (χ2n) is 5.95. The smallest absolute Gasteiger partial charge is 0.160 e. The summed E-state index contributed by atoms with van der Waals surface area (Å²) in [6.07, 6.45) is 7.47. The molecular formula is C15H26N2O. The first kappa shape index (κ1) is 13.6. The second-order valence-corrected chi connectivity index (χ2v) is 5.95. The Kier molecular flexibility index (Phi) is 4.44. The van der Waals surface area contributed by atoms with Crippen LogP contribution in [-0.2, 0) is 4.79 Å². The maximum Gasteiger partial charge on any atom is 0.160 e. The van der Waals surface area contributed by atoms with Gasteiger partial charge < -0.3 is 4.90 Å². The average molecular weight is 250 g/mol. The lowest BCUT2D eigenvalue weighted by atomic mass is 9.75. The molecule has 18 heavy (non-hydrogen) atoms. The average Bonchev–Trinajstić information content (AvgIpc) is 2.31.